The molecule has 0 heterocycles. The Bertz CT molecular complexity index is 312. The molecule has 0 spiro atoms. The van der Waals surface area contributed by atoms with Gasteiger partial charge in [0.15, 0.2) is 5.75 Å². The third kappa shape index (κ3) is 1.57. The maximum atomic E-state index is 10.2. The van der Waals surface area contributed by atoms with Crippen LogP contribution < -0.4 is 11.1 Å². The molecule has 64 valence electrons. The second-order valence-corrected chi connectivity index (χ2v) is 2.17. The van der Waals surface area contributed by atoms with Crippen LogP contribution in [0.1, 0.15) is 0 Å². The Hall–Kier alpha value is -1.91. The highest BCUT2D eigenvalue weighted by atomic mass is 16.4. The molecule has 0 fully saturated rings. The molecule has 5 heteroatoms. The van der Waals surface area contributed by atoms with Gasteiger partial charge in [0.05, 0.1) is 11.4 Å². The number of benzene rings is 1. The number of nitrogens with two attached hydrogens (primary N) is 1. The lowest BCUT2D eigenvalue weighted by molar-refractivity contribution is 0.209. The van der Waals surface area contributed by atoms with Crippen molar-refractivity contribution >= 4 is 17.5 Å². The van der Waals surface area contributed by atoms with E-state index in [1.165, 1.54) is 12.1 Å². The van der Waals surface area contributed by atoms with E-state index in [1.807, 2.05) is 5.32 Å². The second-order valence-electron chi connectivity index (χ2n) is 2.17. The zero-order valence-electron chi connectivity index (χ0n) is 6.11. The van der Waals surface area contributed by atoms with E-state index in [0.717, 1.165) is 0 Å². The minimum atomic E-state index is -1.24. The number of nitrogens with one attached hydrogen (secondary N) is 1. The summed E-state index contributed by atoms with van der Waals surface area (Å²) in [5, 5.41) is 19.5. The minimum Gasteiger partial charge on any atom is -0.504 e. The maximum Gasteiger partial charge on any atom is 0.409 e. The van der Waals surface area contributed by atoms with Crippen LogP contribution in [-0.4, -0.2) is 16.3 Å². The van der Waals surface area contributed by atoms with Gasteiger partial charge in [0.2, 0.25) is 0 Å². The van der Waals surface area contributed by atoms with Crippen LogP contribution in [-0.2, 0) is 0 Å². The standard InChI is InChI=1S/C7H8N2O3/c8-4-2-1-3-5(6(4)10)9-7(11)12/h1-3,9-10H,8H2,(H,11,12). The van der Waals surface area contributed by atoms with Crippen LogP contribution in [0.25, 0.3) is 0 Å². The van der Waals surface area contributed by atoms with Crippen molar-refractivity contribution in [1.29, 1.82) is 0 Å². The SMILES string of the molecule is Nc1cccc(NC(=O)O)c1O. The highest BCUT2D eigenvalue weighted by molar-refractivity contribution is 5.87. The molecule has 0 atom stereocenters. The summed E-state index contributed by atoms with van der Waals surface area (Å²) in [7, 11) is 0. The minimum absolute atomic E-state index is 0.0856. The van der Waals surface area contributed by atoms with Gasteiger partial charge in [-0.25, -0.2) is 4.79 Å². The summed E-state index contributed by atoms with van der Waals surface area (Å²) < 4.78 is 0. The number of nitrogen functional groups attached to an aromatic ring is 1. The molecule has 5 N–H and O–H groups in total. The van der Waals surface area contributed by atoms with Gasteiger partial charge in [-0.1, -0.05) is 6.07 Å². The van der Waals surface area contributed by atoms with E-state index in [4.69, 9.17) is 10.8 Å². The largest absolute Gasteiger partial charge is 0.504 e. The molecule has 0 aliphatic heterocycles. The Morgan fingerprint density at radius 3 is 2.75 bits per heavy atom. The number of hydrogen-bond acceptors (Lipinski definition) is 3. The van der Waals surface area contributed by atoms with E-state index < -0.39 is 6.09 Å². The smallest absolute Gasteiger partial charge is 0.409 e. The Balaban J connectivity index is 3.00. The van der Waals surface area contributed by atoms with Crippen LogP contribution in [0.4, 0.5) is 16.2 Å². The predicted octanol–water partition coefficient (Wildman–Crippen LogP) is 1.06. The molecular formula is C7H8N2O3. The lowest BCUT2D eigenvalue weighted by Crippen LogP contribution is -2.07. The molecule has 0 saturated carbocycles. The summed E-state index contributed by atoms with van der Waals surface area (Å²) in [5.41, 5.74) is 5.54. The monoisotopic (exact) mass is 168 g/mol. The summed E-state index contributed by atoms with van der Waals surface area (Å²) in [6.45, 7) is 0. The molecule has 0 unspecified atom stereocenters. The number of amides is 1. The summed E-state index contributed by atoms with van der Waals surface area (Å²) in [6.07, 6.45) is -1.24. The van der Waals surface area contributed by atoms with Crippen molar-refractivity contribution in [3.8, 4) is 5.75 Å². The molecule has 5 nitrogen and oxygen atoms in total. The highest BCUT2D eigenvalue weighted by Gasteiger charge is 2.05. The van der Waals surface area contributed by atoms with E-state index in [9.17, 15) is 9.90 Å². The predicted molar refractivity (Wildman–Crippen MR) is 44.2 cm³/mol. The fourth-order valence-corrected chi connectivity index (χ4v) is 0.777. The highest BCUT2D eigenvalue weighted by Crippen LogP contribution is 2.28. The van der Waals surface area contributed by atoms with E-state index in [0.29, 0.717) is 0 Å². The summed E-state index contributed by atoms with van der Waals surface area (Å²) in [5.74, 6) is -0.250. The van der Waals surface area contributed by atoms with Crippen LogP contribution in [0.5, 0.6) is 5.75 Å². The topological polar surface area (TPSA) is 95.6 Å². The molecule has 0 aliphatic carbocycles. The number of anilines is 2. The van der Waals surface area contributed by atoms with Gasteiger partial charge in [-0.3, -0.25) is 5.32 Å². The Morgan fingerprint density at radius 1 is 1.50 bits per heavy atom. The van der Waals surface area contributed by atoms with Crippen molar-refractivity contribution in [2.24, 2.45) is 0 Å². The maximum absolute atomic E-state index is 10.2. The lowest BCUT2D eigenvalue weighted by atomic mass is 10.2. The molecule has 0 aromatic heterocycles. The quantitative estimate of drug-likeness (QED) is 0.372. The Morgan fingerprint density at radius 2 is 2.17 bits per heavy atom. The van der Waals surface area contributed by atoms with Crippen molar-refractivity contribution < 1.29 is 15.0 Å². The van der Waals surface area contributed by atoms with Gasteiger partial charge in [0, 0.05) is 0 Å². The van der Waals surface area contributed by atoms with Gasteiger partial charge in [-0.15, -0.1) is 0 Å². The molecule has 0 bridgehead atoms. The van der Waals surface area contributed by atoms with Crippen molar-refractivity contribution in [3.05, 3.63) is 18.2 Å². The van der Waals surface area contributed by atoms with Crippen molar-refractivity contribution in [1.82, 2.24) is 0 Å². The third-order valence-electron chi connectivity index (χ3n) is 1.31. The first kappa shape index (κ1) is 8.19. The van der Waals surface area contributed by atoms with E-state index in [2.05, 4.69) is 0 Å². The summed E-state index contributed by atoms with van der Waals surface area (Å²) >= 11 is 0. The normalized spacial score (nSPS) is 9.33. The zero-order chi connectivity index (χ0) is 9.14. The molecule has 0 radical (unpaired) electrons. The Kier molecular flexibility index (Phi) is 2.05. The van der Waals surface area contributed by atoms with Crippen LogP contribution in [0.15, 0.2) is 18.2 Å². The first-order chi connectivity index (χ1) is 5.61. The van der Waals surface area contributed by atoms with E-state index in [-0.39, 0.29) is 17.1 Å². The number of phenolic OH excluding ortho intramolecular Hbond substituents is 1. The lowest BCUT2D eigenvalue weighted by Gasteiger charge is -2.04. The summed E-state index contributed by atoms with van der Waals surface area (Å²) in [4.78, 5) is 10.2. The molecule has 1 rings (SSSR count). The first-order valence-electron chi connectivity index (χ1n) is 3.18. The number of carbonyl (C=O) groups is 1. The molecule has 1 aromatic rings. The van der Waals surface area contributed by atoms with Gasteiger partial charge >= 0.3 is 6.09 Å². The van der Waals surface area contributed by atoms with Crippen LogP contribution in [0.2, 0.25) is 0 Å². The molecule has 0 saturated heterocycles. The fourth-order valence-electron chi connectivity index (χ4n) is 0.777. The molecular weight excluding hydrogens is 160 g/mol. The van der Waals surface area contributed by atoms with Crippen LogP contribution >= 0.6 is 0 Å². The number of hydrogen-bond donors (Lipinski definition) is 4. The van der Waals surface area contributed by atoms with Gasteiger partial charge in [-0.05, 0) is 12.1 Å². The number of rotatable bonds is 1. The van der Waals surface area contributed by atoms with Gasteiger partial charge in [-0.2, -0.15) is 0 Å². The zero-order valence-corrected chi connectivity index (χ0v) is 6.11. The Labute approximate surface area is 68.4 Å². The van der Waals surface area contributed by atoms with Gasteiger partial charge in [0.1, 0.15) is 0 Å². The number of carboxylic acid groups (broad SMARTS) is 1. The molecule has 1 amide bonds. The number of phenols is 1. The third-order valence-corrected chi connectivity index (χ3v) is 1.31. The second kappa shape index (κ2) is 3.00. The summed E-state index contributed by atoms with van der Waals surface area (Å²) in [6, 6.07) is 4.43. The molecule has 12 heavy (non-hydrogen) atoms. The van der Waals surface area contributed by atoms with Gasteiger partial charge < -0.3 is 15.9 Å². The van der Waals surface area contributed by atoms with E-state index in [1.54, 1.807) is 6.07 Å². The first-order valence-corrected chi connectivity index (χ1v) is 3.18. The van der Waals surface area contributed by atoms with Crippen LogP contribution in [0, 0.1) is 0 Å². The molecule has 0 aliphatic rings. The van der Waals surface area contributed by atoms with Crippen molar-refractivity contribution in [2.75, 3.05) is 11.1 Å². The number of para-hydroxylation sites is 1. The molecule has 1 aromatic carbocycles. The van der Waals surface area contributed by atoms with Crippen LogP contribution in [0.3, 0.4) is 0 Å². The average molecular weight is 168 g/mol. The average Bonchev–Trinajstić information content (AvgIpc) is 1.98. The van der Waals surface area contributed by atoms with Crippen molar-refractivity contribution in [3.63, 3.8) is 0 Å². The number of aromatic hydroxyl groups is 1. The fraction of sp³-hybridized carbons (Fsp3) is 0. The van der Waals surface area contributed by atoms with Gasteiger partial charge in [0.25, 0.3) is 0 Å². The van der Waals surface area contributed by atoms with E-state index >= 15 is 0 Å². The van der Waals surface area contributed by atoms with Crippen molar-refractivity contribution in [2.45, 2.75) is 0 Å².